The first-order chi connectivity index (χ1) is 11.8. The first-order valence-electron chi connectivity index (χ1n) is 9.35. The van der Waals surface area contributed by atoms with Crippen molar-refractivity contribution in [2.75, 3.05) is 0 Å². The van der Waals surface area contributed by atoms with Crippen LogP contribution < -0.4 is 0 Å². The average molecular weight is 252 g/mol. The number of benzene rings is 3. The Balaban J connectivity index is 2.55. The largest absolute Gasteiger partial charge is 0.0636 e. The van der Waals surface area contributed by atoms with Crippen molar-refractivity contribution in [3.63, 3.8) is 0 Å². The minimum Gasteiger partial charge on any atom is -0.0622 e. The highest BCUT2D eigenvalue weighted by atomic mass is 14.1. The lowest BCUT2D eigenvalue weighted by atomic mass is 9.96. The Morgan fingerprint density at radius 1 is 0.789 bits per heavy atom. The third kappa shape index (κ3) is 2.39. The molecule has 0 aliphatic heterocycles. The monoisotopic (exact) mass is 252 g/mol. The second-order valence-corrected chi connectivity index (χ2v) is 4.81. The third-order valence-corrected chi connectivity index (χ3v) is 3.03. The van der Waals surface area contributed by atoms with E-state index in [0.29, 0.717) is 11.1 Å². The zero-order valence-electron chi connectivity index (χ0n) is 17.0. The van der Waals surface area contributed by atoms with Gasteiger partial charge in [0.05, 0.1) is 8.22 Å². The molecule has 0 nitrogen and oxygen atoms in total. The summed E-state index contributed by atoms with van der Waals surface area (Å²) < 4.78 is 50.3. The SMILES string of the molecule is [2H]c1c(C(C)C)c([2H])c2c([2H])c([2H])c(-c3ccccc3)c([2H])c2c1[2H]. The maximum absolute atomic E-state index is 8.54. The van der Waals surface area contributed by atoms with Crippen LogP contribution in [-0.2, 0) is 0 Å². The molecule has 0 N–H and O–H groups in total. The molecule has 0 aromatic heterocycles. The van der Waals surface area contributed by atoms with Gasteiger partial charge in [-0.05, 0) is 39.4 Å². The van der Waals surface area contributed by atoms with Crippen LogP contribution in [0.2, 0.25) is 0 Å². The summed E-state index contributed by atoms with van der Waals surface area (Å²) in [6, 6.07) is 8.33. The van der Waals surface area contributed by atoms with Gasteiger partial charge in [-0.2, -0.15) is 0 Å². The lowest BCUT2D eigenvalue weighted by Crippen LogP contribution is -1.87. The van der Waals surface area contributed by atoms with E-state index in [4.69, 9.17) is 8.22 Å². The van der Waals surface area contributed by atoms with E-state index in [9.17, 15) is 0 Å². The summed E-state index contributed by atoms with van der Waals surface area (Å²) in [6.07, 6.45) is 0. The summed E-state index contributed by atoms with van der Waals surface area (Å²) in [5, 5.41) is 0.235. The Morgan fingerprint density at radius 3 is 2.21 bits per heavy atom. The van der Waals surface area contributed by atoms with E-state index in [1.54, 1.807) is 24.3 Å². The van der Waals surface area contributed by atoms with Crippen LogP contribution >= 0.6 is 0 Å². The van der Waals surface area contributed by atoms with Crippen LogP contribution in [0.3, 0.4) is 0 Å². The van der Waals surface area contributed by atoms with Gasteiger partial charge >= 0.3 is 0 Å². The molecule has 0 aliphatic carbocycles. The molecule has 0 atom stereocenters. The van der Waals surface area contributed by atoms with Gasteiger partial charge in [0.2, 0.25) is 0 Å². The molecule has 0 radical (unpaired) electrons. The van der Waals surface area contributed by atoms with Gasteiger partial charge in [-0.25, -0.2) is 0 Å². The highest BCUT2D eigenvalue weighted by Crippen LogP contribution is 2.26. The van der Waals surface area contributed by atoms with Gasteiger partial charge in [-0.15, -0.1) is 0 Å². The van der Waals surface area contributed by atoms with Gasteiger partial charge in [0.25, 0.3) is 0 Å². The maximum atomic E-state index is 8.54. The highest BCUT2D eigenvalue weighted by molar-refractivity contribution is 5.87. The van der Waals surface area contributed by atoms with Crippen molar-refractivity contribution in [3.8, 4) is 11.1 Å². The van der Waals surface area contributed by atoms with E-state index in [1.807, 2.05) is 19.9 Å². The van der Waals surface area contributed by atoms with Gasteiger partial charge in [-0.3, -0.25) is 0 Å². The van der Waals surface area contributed by atoms with Crippen molar-refractivity contribution in [1.29, 1.82) is 0 Å². The summed E-state index contributed by atoms with van der Waals surface area (Å²) >= 11 is 0. The van der Waals surface area contributed by atoms with Crippen molar-refractivity contribution in [2.24, 2.45) is 0 Å². The maximum Gasteiger partial charge on any atom is 0.0636 e. The lowest BCUT2D eigenvalue weighted by molar-refractivity contribution is 0.869. The quantitative estimate of drug-likeness (QED) is 0.554. The summed E-state index contributed by atoms with van der Waals surface area (Å²) in [6.45, 7) is 3.67. The summed E-state index contributed by atoms with van der Waals surface area (Å²) in [4.78, 5) is 0. The fraction of sp³-hybridized carbons (Fsp3) is 0.158. The molecule has 0 aliphatic rings. The van der Waals surface area contributed by atoms with Crippen LogP contribution in [0.4, 0.5) is 0 Å². The van der Waals surface area contributed by atoms with Crippen LogP contribution in [0.5, 0.6) is 0 Å². The molecule has 0 heteroatoms. The summed E-state index contributed by atoms with van der Waals surface area (Å²) in [5.41, 5.74) is 1.28. The fourth-order valence-electron chi connectivity index (χ4n) is 1.93. The normalized spacial score (nSPS) is 15.5. The van der Waals surface area contributed by atoms with E-state index < -0.39 is 0 Å². The molecule has 0 saturated carbocycles. The van der Waals surface area contributed by atoms with Crippen LogP contribution in [-0.4, -0.2) is 0 Å². The molecule has 0 amide bonds. The van der Waals surface area contributed by atoms with Gasteiger partial charge in [0, 0.05) is 0 Å². The third-order valence-electron chi connectivity index (χ3n) is 3.03. The molecule has 0 bridgehead atoms. The Labute approximate surface area is 123 Å². The minimum atomic E-state index is -0.162. The topological polar surface area (TPSA) is 0 Å². The Morgan fingerprint density at radius 2 is 1.47 bits per heavy atom. The molecule has 0 saturated heterocycles. The van der Waals surface area contributed by atoms with Gasteiger partial charge < -0.3 is 0 Å². The first-order valence-corrected chi connectivity index (χ1v) is 6.35. The van der Waals surface area contributed by atoms with E-state index in [-0.39, 0.29) is 58.5 Å². The van der Waals surface area contributed by atoms with Crippen LogP contribution in [0.15, 0.2) is 66.6 Å². The van der Waals surface area contributed by atoms with Crippen molar-refractivity contribution in [3.05, 3.63) is 72.1 Å². The standard InChI is InChI=1S/C19H18/c1-14(2)16-8-9-19-13-17(10-11-18(19)12-16)15-6-4-3-5-7-15/h3-14H,1-2H3/i8D,9D,10D,11D,12D,13D. The molecule has 19 heavy (non-hydrogen) atoms. The molecule has 94 valence electrons. The molecule has 0 heterocycles. The Bertz CT molecular complexity index is 977. The molecule has 0 unspecified atom stereocenters. The van der Waals surface area contributed by atoms with Gasteiger partial charge in [0.1, 0.15) is 0 Å². The lowest BCUT2D eigenvalue weighted by Gasteiger charge is -2.08. The second-order valence-electron chi connectivity index (χ2n) is 4.81. The van der Waals surface area contributed by atoms with Crippen LogP contribution in [0.1, 0.15) is 33.6 Å². The fourth-order valence-corrected chi connectivity index (χ4v) is 1.93. The number of hydrogen-bond donors (Lipinski definition) is 0. The van der Waals surface area contributed by atoms with Gasteiger partial charge in [-0.1, -0.05) is 74.4 Å². The van der Waals surface area contributed by atoms with Gasteiger partial charge in [0.15, 0.2) is 0 Å². The predicted molar refractivity (Wildman–Crippen MR) is 83.5 cm³/mol. The van der Waals surface area contributed by atoms with E-state index in [2.05, 4.69) is 0 Å². The van der Waals surface area contributed by atoms with E-state index in [1.165, 1.54) is 0 Å². The van der Waals surface area contributed by atoms with Crippen molar-refractivity contribution in [2.45, 2.75) is 19.8 Å². The molecule has 0 spiro atoms. The second kappa shape index (κ2) is 4.89. The number of hydrogen-bond acceptors (Lipinski definition) is 0. The molecule has 3 aromatic rings. The summed E-state index contributed by atoms with van der Waals surface area (Å²) in [5.74, 6) is -0.148. The Hall–Kier alpha value is -2.08. The van der Waals surface area contributed by atoms with Crippen LogP contribution in [0, 0.1) is 0 Å². The van der Waals surface area contributed by atoms with Crippen molar-refractivity contribution in [1.82, 2.24) is 0 Å². The zero-order valence-corrected chi connectivity index (χ0v) is 11.0. The van der Waals surface area contributed by atoms with E-state index in [0.717, 1.165) is 0 Å². The predicted octanol–water partition coefficient (Wildman–Crippen LogP) is 5.63. The number of rotatable bonds is 2. The van der Waals surface area contributed by atoms with Crippen molar-refractivity contribution < 1.29 is 8.22 Å². The minimum absolute atomic E-state index is 0.0161. The zero-order chi connectivity index (χ0) is 18.5. The summed E-state index contributed by atoms with van der Waals surface area (Å²) in [7, 11) is 0. The van der Waals surface area contributed by atoms with Crippen molar-refractivity contribution >= 4 is 10.8 Å². The highest BCUT2D eigenvalue weighted by Gasteiger charge is 2.02. The molecule has 3 rings (SSSR count). The molecule has 0 fully saturated rings. The molecule has 3 aromatic carbocycles. The first kappa shape index (κ1) is 6.91. The van der Waals surface area contributed by atoms with Crippen LogP contribution in [0.25, 0.3) is 21.9 Å². The smallest absolute Gasteiger partial charge is 0.0622 e. The average Bonchev–Trinajstić information content (AvgIpc) is 2.57. The molecular weight excluding hydrogens is 228 g/mol. The Kier molecular flexibility index (Phi) is 1.78. The van der Waals surface area contributed by atoms with E-state index >= 15 is 0 Å². The molecular formula is C19H18. The number of fused-ring (bicyclic) bond motifs is 1.